The molecule has 0 heterocycles. The van der Waals surface area contributed by atoms with E-state index in [1.807, 2.05) is 0 Å². The average Bonchev–Trinajstić information content (AvgIpc) is 1.99. The Kier molecular flexibility index (Phi) is 3.22. The standard InChI is InChI=1S/C8H4F6S/c9-7(10,11)5-3-1-2-4-6(5)15-8(12,13)14/h1-4H. The van der Waals surface area contributed by atoms with Crippen LogP contribution in [-0.2, 0) is 6.18 Å². The highest BCUT2D eigenvalue weighted by Crippen LogP contribution is 2.43. The Hall–Kier alpha value is -0.850. The minimum absolute atomic E-state index is 0.619. The highest BCUT2D eigenvalue weighted by atomic mass is 32.2. The maximum atomic E-state index is 12.2. The molecular formula is C8H4F6S. The van der Waals surface area contributed by atoms with Crippen molar-refractivity contribution in [1.82, 2.24) is 0 Å². The van der Waals surface area contributed by atoms with E-state index in [-0.39, 0.29) is 0 Å². The smallest absolute Gasteiger partial charge is 0.166 e. The van der Waals surface area contributed by atoms with Gasteiger partial charge in [-0.3, -0.25) is 0 Å². The summed E-state index contributed by atoms with van der Waals surface area (Å²) in [7, 11) is 0. The Bertz CT molecular complexity index is 340. The normalized spacial score (nSPS) is 12.9. The van der Waals surface area contributed by atoms with Crippen molar-refractivity contribution in [2.75, 3.05) is 0 Å². The van der Waals surface area contributed by atoms with Gasteiger partial charge in [0.25, 0.3) is 0 Å². The molecule has 0 amide bonds. The van der Waals surface area contributed by atoms with Gasteiger partial charge in [-0.2, -0.15) is 26.3 Å². The molecule has 0 saturated heterocycles. The number of thioether (sulfide) groups is 1. The molecule has 0 saturated carbocycles. The summed E-state index contributed by atoms with van der Waals surface area (Å²) in [6.07, 6.45) is -4.77. The zero-order chi connectivity index (χ0) is 11.7. The Balaban J connectivity index is 3.08. The van der Waals surface area contributed by atoms with Crippen LogP contribution in [0.3, 0.4) is 0 Å². The van der Waals surface area contributed by atoms with Gasteiger partial charge in [-0.05, 0) is 23.9 Å². The molecule has 1 aromatic rings. The Morgan fingerprint density at radius 1 is 0.867 bits per heavy atom. The van der Waals surface area contributed by atoms with Crippen molar-refractivity contribution in [3.8, 4) is 0 Å². The highest BCUT2D eigenvalue weighted by Gasteiger charge is 2.37. The van der Waals surface area contributed by atoms with Crippen molar-refractivity contribution in [2.24, 2.45) is 0 Å². The lowest BCUT2D eigenvalue weighted by Gasteiger charge is -2.12. The topological polar surface area (TPSA) is 0 Å². The van der Waals surface area contributed by atoms with Crippen molar-refractivity contribution in [1.29, 1.82) is 0 Å². The number of rotatable bonds is 1. The summed E-state index contributed by atoms with van der Waals surface area (Å²) in [6, 6.07) is 3.58. The number of hydrogen-bond donors (Lipinski definition) is 0. The monoisotopic (exact) mass is 246 g/mol. The molecule has 0 spiro atoms. The highest BCUT2D eigenvalue weighted by molar-refractivity contribution is 8.00. The summed E-state index contributed by atoms with van der Waals surface area (Å²) in [5.41, 5.74) is -5.99. The molecular weight excluding hydrogens is 242 g/mol. The number of hydrogen-bond acceptors (Lipinski definition) is 1. The van der Waals surface area contributed by atoms with Crippen LogP contribution in [0.1, 0.15) is 5.56 Å². The lowest BCUT2D eigenvalue weighted by molar-refractivity contribution is -0.139. The van der Waals surface area contributed by atoms with Crippen molar-refractivity contribution < 1.29 is 26.3 Å². The van der Waals surface area contributed by atoms with Crippen LogP contribution in [0.5, 0.6) is 0 Å². The van der Waals surface area contributed by atoms with Gasteiger partial charge in [0, 0.05) is 4.90 Å². The molecule has 0 atom stereocenters. The molecule has 0 radical (unpaired) electrons. The zero-order valence-corrected chi connectivity index (χ0v) is 7.80. The molecule has 7 heteroatoms. The predicted molar refractivity (Wildman–Crippen MR) is 43.4 cm³/mol. The van der Waals surface area contributed by atoms with Gasteiger partial charge in [-0.1, -0.05) is 12.1 Å². The minimum Gasteiger partial charge on any atom is -0.166 e. The second-order valence-corrected chi connectivity index (χ2v) is 3.65. The molecule has 0 aliphatic rings. The van der Waals surface area contributed by atoms with E-state index in [9.17, 15) is 26.3 Å². The molecule has 0 unspecified atom stereocenters. The molecule has 0 bridgehead atoms. The van der Waals surface area contributed by atoms with Crippen molar-refractivity contribution in [2.45, 2.75) is 16.6 Å². The summed E-state index contributed by atoms with van der Waals surface area (Å²) >= 11 is -0.766. The van der Waals surface area contributed by atoms with Crippen LogP contribution in [0.25, 0.3) is 0 Å². The Morgan fingerprint density at radius 2 is 1.40 bits per heavy atom. The first-order valence-electron chi connectivity index (χ1n) is 3.62. The second-order valence-electron chi connectivity index (χ2n) is 2.54. The van der Waals surface area contributed by atoms with E-state index in [0.29, 0.717) is 6.07 Å². The van der Waals surface area contributed by atoms with E-state index in [1.54, 1.807) is 0 Å². The molecule has 1 aromatic carbocycles. The van der Waals surface area contributed by atoms with Crippen molar-refractivity contribution >= 4 is 11.8 Å². The number of benzene rings is 1. The number of halogens is 6. The first kappa shape index (κ1) is 12.2. The summed E-state index contributed by atoms with van der Waals surface area (Å²) < 4.78 is 72.4. The molecule has 0 aliphatic carbocycles. The van der Waals surface area contributed by atoms with Gasteiger partial charge in [0.2, 0.25) is 0 Å². The van der Waals surface area contributed by atoms with Gasteiger partial charge < -0.3 is 0 Å². The van der Waals surface area contributed by atoms with Gasteiger partial charge in [0.05, 0.1) is 5.56 Å². The fraction of sp³-hybridized carbons (Fsp3) is 0.250. The molecule has 0 nitrogen and oxygen atoms in total. The van der Waals surface area contributed by atoms with E-state index >= 15 is 0 Å². The van der Waals surface area contributed by atoms with E-state index in [0.717, 1.165) is 18.2 Å². The van der Waals surface area contributed by atoms with E-state index in [2.05, 4.69) is 0 Å². The first-order valence-corrected chi connectivity index (χ1v) is 4.44. The van der Waals surface area contributed by atoms with E-state index < -0.39 is 33.9 Å². The first-order chi connectivity index (χ1) is 6.70. The Morgan fingerprint density at radius 3 is 1.87 bits per heavy atom. The van der Waals surface area contributed by atoms with Crippen LogP contribution in [0.4, 0.5) is 26.3 Å². The number of alkyl halides is 6. The second kappa shape index (κ2) is 3.96. The average molecular weight is 246 g/mol. The molecule has 15 heavy (non-hydrogen) atoms. The lowest BCUT2D eigenvalue weighted by Crippen LogP contribution is -2.09. The van der Waals surface area contributed by atoms with Crippen molar-refractivity contribution in [3.63, 3.8) is 0 Å². The van der Waals surface area contributed by atoms with Crippen LogP contribution in [0.15, 0.2) is 29.2 Å². The minimum atomic E-state index is -4.77. The predicted octanol–water partition coefficient (Wildman–Crippen LogP) is 4.32. The fourth-order valence-electron chi connectivity index (χ4n) is 0.915. The van der Waals surface area contributed by atoms with Gasteiger partial charge in [-0.15, -0.1) is 0 Å². The fourth-order valence-corrected chi connectivity index (χ4v) is 1.60. The van der Waals surface area contributed by atoms with Gasteiger partial charge in [-0.25, -0.2) is 0 Å². The van der Waals surface area contributed by atoms with Crippen LogP contribution in [-0.4, -0.2) is 5.51 Å². The molecule has 1 rings (SSSR count). The third kappa shape index (κ3) is 3.65. The lowest BCUT2D eigenvalue weighted by atomic mass is 10.2. The summed E-state index contributed by atoms with van der Waals surface area (Å²) in [5, 5.41) is 0. The van der Waals surface area contributed by atoms with Crippen LogP contribution in [0.2, 0.25) is 0 Å². The Labute approximate surface area is 85.3 Å². The van der Waals surface area contributed by atoms with Crippen LogP contribution < -0.4 is 0 Å². The van der Waals surface area contributed by atoms with Crippen LogP contribution in [0, 0.1) is 0 Å². The van der Waals surface area contributed by atoms with Gasteiger partial charge in [0.1, 0.15) is 0 Å². The van der Waals surface area contributed by atoms with Gasteiger partial charge in [0.15, 0.2) is 0 Å². The largest absolute Gasteiger partial charge is 0.446 e. The van der Waals surface area contributed by atoms with Crippen LogP contribution >= 0.6 is 11.8 Å². The molecule has 0 N–H and O–H groups in total. The summed E-state index contributed by atoms with van der Waals surface area (Å²) in [4.78, 5) is -0.836. The van der Waals surface area contributed by atoms with E-state index in [4.69, 9.17) is 0 Å². The van der Waals surface area contributed by atoms with Crippen molar-refractivity contribution in [3.05, 3.63) is 29.8 Å². The molecule has 0 fully saturated rings. The summed E-state index contributed by atoms with van der Waals surface area (Å²) in [5.74, 6) is 0. The van der Waals surface area contributed by atoms with Gasteiger partial charge >= 0.3 is 11.7 Å². The molecule has 84 valence electrons. The zero-order valence-electron chi connectivity index (χ0n) is 6.99. The SMILES string of the molecule is FC(F)(F)Sc1ccccc1C(F)(F)F. The summed E-state index contributed by atoms with van der Waals surface area (Å²) in [6.45, 7) is 0. The maximum absolute atomic E-state index is 12.2. The molecule has 0 aromatic heterocycles. The molecule has 0 aliphatic heterocycles. The maximum Gasteiger partial charge on any atom is 0.446 e. The third-order valence-corrected chi connectivity index (χ3v) is 2.23. The third-order valence-electron chi connectivity index (χ3n) is 1.42. The van der Waals surface area contributed by atoms with E-state index in [1.165, 1.54) is 0 Å². The quantitative estimate of drug-likeness (QED) is 0.525.